The van der Waals surface area contributed by atoms with Crippen molar-refractivity contribution in [3.8, 4) is 6.07 Å². The number of nitrogens with zero attached hydrogens (tertiary/aromatic N) is 3. The molecule has 4 rings (SSSR count). The summed E-state index contributed by atoms with van der Waals surface area (Å²) >= 11 is 0. The van der Waals surface area contributed by atoms with Gasteiger partial charge in [0.15, 0.2) is 0 Å². The molecule has 3 aromatic rings. The Hall–Kier alpha value is -3.98. The molecule has 1 aliphatic rings. The average Bonchev–Trinajstić information content (AvgIpc) is 3.36. The van der Waals surface area contributed by atoms with Crippen LogP contribution in [0, 0.1) is 11.3 Å². The van der Waals surface area contributed by atoms with Crippen LogP contribution >= 0.6 is 0 Å². The first kappa shape index (κ1) is 16.5. The third kappa shape index (κ3) is 3.02. The van der Waals surface area contributed by atoms with Crippen LogP contribution in [0.15, 0.2) is 65.0 Å². The second kappa shape index (κ2) is 6.73. The minimum absolute atomic E-state index is 0.216. The topological polar surface area (TPSA) is 91.3 Å². The lowest BCUT2D eigenvalue weighted by Gasteiger charge is -2.09. The maximum atomic E-state index is 12.7. The van der Waals surface area contributed by atoms with Crippen LogP contribution in [-0.4, -0.2) is 16.6 Å². The van der Waals surface area contributed by atoms with Crippen LogP contribution in [0.2, 0.25) is 0 Å². The molecule has 1 N–H and O–H groups in total. The van der Waals surface area contributed by atoms with E-state index in [9.17, 15) is 4.79 Å². The summed E-state index contributed by atoms with van der Waals surface area (Å²) in [5.41, 5.74) is 5.54. The Labute approximate surface area is 155 Å². The van der Waals surface area contributed by atoms with E-state index in [1.807, 2.05) is 30.3 Å². The van der Waals surface area contributed by atoms with E-state index in [0.717, 1.165) is 22.4 Å². The second-order valence-corrected chi connectivity index (χ2v) is 5.98. The quantitative estimate of drug-likeness (QED) is 0.771. The van der Waals surface area contributed by atoms with Gasteiger partial charge in [0.25, 0.3) is 5.91 Å². The summed E-state index contributed by atoms with van der Waals surface area (Å²) in [6, 6.07) is 11.1. The fourth-order valence-electron chi connectivity index (χ4n) is 2.99. The summed E-state index contributed by atoms with van der Waals surface area (Å²) in [6.07, 6.45) is 6.13. The van der Waals surface area contributed by atoms with E-state index >= 15 is 0 Å². The summed E-state index contributed by atoms with van der Waals surface area (Å²) in [4.78, 5) is 21.3. The van der Waals surface area contributed by atoms with Crippen LogP contribution in [0.5, 0.6) is 0 Å². The molecular formula is C21H14N4O2. The van der Waals surface area contributed by atoms with Crippen molar-refractivity contribution < 1.29 is 9.21 Å². The van der Waals surface area contributed by atoms with Crippen molar-refractivity contribution in [1.29, 1.82) is 5.26 Å². The number of aromatic nitrogens is 1. The molecule has 0 atom stereocenters. The predicted octanol–water partition coefficient (Wildman–Crippen LogP) is 3.79. The number of furan rings is 1. The van der Waals surface area contributed by atoms with Crippen LogP contribution in [0.3, 0.4) is 0 Å². The Morgan fingerprint density at radius 2 is 2.22 bits per heavy atom. The molecule has 0 saturated heterocycles. The number of nitriles is 1. The van der Waals surface area contributed by atoms with Gasteiger partial charge in [0.1, 0.15) is 11.8 Å². The zero-order valence-corrected chi connectivity index (χ0v) is 14.3. The van der Waals surface area contributed by atoms with Crippen molar-refractivity contribution in [1.82, 2.24) is 4.98 Å². The van der Waals surface area contributed by atoms with E-state index < -0.39 is 0 Å². The van der Waals surface area contributed by atoms with Crippen LogP contribution < -0.4 is 5.32 Å². The SMILES string of the molecule is C=Cc1cc(C#N)cnc1C(=O)Nc1ccc2c(c1)C(c1ccoc1)=NC2. The number of anilines is 1. The summed E-state index contributed by atoms with van der Waals surface area (Å²) in [5, 5.41) is 11.8. The normalized spacial score (nSPS) is 12.0. The molecule has 1 amide bonds. The van der Waals surface area contributed by atoms with Crippen molar-refractivity contribution in [2.75, 3.05) is 5.32 Å². The summed E-state index contributed by atoms with van der Waals surface area (Å²) in [6.45, 7) is 4.29. The highest BCUT2D eigenvalue weighted by Crippen LogP contribution is 2.26. The molecule has 0 unspecified atom stereocenters. The zero-order chi connectivity index (χ0) is 18.8. The van der Waals surface area contributed by atoms with E-state index in [4.69, 9.17) is 9.68 Å². The van der Waals surface area contributed by atoms with Gasteiger partial charge in [-0.05, 0) is 29.8 Å². The lowest BCUT2D eigenvalue weighted by atomic mass is 10.0. The Morgan fingerprint density at radius 3 is 2.96 bits per heavy atom. The van der Waals surface area contributed by atoms with Gasteiger partial charge in [-0.25, -0.2) is 4.98 Å². The van der Waals surface area contributed by atoms with Crippen LogP contribution in [0.1, 0.15) is 38.3 Å². The number of hydrogen-bond donors (Lipinski definition) is 1. The van der Waals surface area contributed by atoms with Crippen molar-refractivity contribution >= 4 is 23.4 Å². The zero-order valence-electron chi connectivity index (χ0n) is 14.3. The smallest absolute Gasteiger partial charge is 0.274 e. The Bertz CT molecular complexity index is 1120. The van der Waals surface area contributed by atoms with Crippen molar-refractivity contribution in [2.24, 2.45) is 4.99 Å². The molecule has 2 aromatic heterocycles. The number of fused-ring (bicyclic) bond motifs is 1. The van der Waals surface area contributed by atoms with Crippen molar-refractivity contribution in [3.63, 3.8) is 0 Å². The third-order valence-electron chi connectivity index (χ3n) is 4.31. The highest BCUT2D eigenvalue weighted by atomic mass is 16.3. The van der Waals surface area contributed by atoms with Gasteiger partial charge in [-0.2, -0.15) is 5.26 Å². The number of benzene rings is 1. The van der Waals surface area contributed by atoms with Gasteiger partial charge in [0.2, 0.25) is 0 Å². The molecule has 0 saturated carbocycles. The number of carbonyl (C=O) groups excluding carboxylic acids is 1. The van der Waals surface area contributed by atoms with E-state index in [2.05, 4.69) is 21.9 Å². The first-order valence-corrected chi connectivity index (χ1v) is 8.24. The molecule has 0 fully saturated rings. The monoisotopic (exact) mass is 354 g/mol. The van der Waals surface area contributed by atoms with Crippen LogP contribution in [0.4, 0.5) is 5.69 Å². The highest BCUT2D eigenvalue weighted by Gasteiger charge is 2.20. The minimum Gasteiger partial charge on any atom is -0.472 e. The third-order valence-corrected chi connectivity index (χ3v) is 4.31. The molecular weight excluding hydrogens is 340 g/mol. The first-order chi connectivity index (χ1) is 13.2. The highest BCUT2D eigenvalue weighted by molar-refractivity contribution is 6.16. The molecule has 1 aliphatic heterocycles. The fraction of sp³-hybridized carbons (Fsp3) is 0.0476. The van der Waals surface area contributed by atoms with Gasteiger partial charge in [0.05, 0.1) is 30.3 Å². The second-order valence-electron chi connectivity index (χ2n) is 5.98. The number of pyridine rings is 1. The van der Waals surface area contributed by atoms with E-state index in [-0.39, 0.29) is 11.6 Å². The van der Waals surface area contributed by atoms with Gasteiger partial charge in [-0.1, -0.05) is 18.7 Å². The number of rotatable bonds is 4. The molecule has 0 radical (unpaired) electrons. The lowest BCUT2D eigenvalue weighted by molar-refractivity contribution is 0.102. The van der Waals surface area contributed by atoms with Gasteiger partial charge in [-0.15, -0.1) is 0 Å². The number of amides is 1. The molecule has 6 heteroatoms. The predicted molar refractivity (Wildman–Crippen MR) is 101 cm³/mol. The van der Waals surface area contributed by atoms with Gasteiger partial charge in [0, 0.05) is 28.6 Å². The van der Waals surface area contributed by atoms with Gasteiger partial charge in [-0.3, -0.25) is 9.79 Å². The van der Waals surface area contributed by atoms with E-state index in [1.54, 1.807) is 18.6 Å². The minimum atomic E-state index is -0.367. The molecule has 0 spiro atoms. The lowest BCUT2D eigenvalue weighted by Crippen LogP contribution is -2.16. The first-order valence-electron chi connectivity index (χ1n) is 8.24. The van der Waals surface area contributed by atoms with Gasteiger partial charge < -0.3 is 9.73 Å². The van der Waals surface area contributed by atoms with Crippen LogP contribution in [-0.2, 0) is 6.54 Å². The molecule has 0 aliphatic carbocycles. The molecule has 27 heavy (non-hydrogen) atoms. The molecule has 1 aromatic carbocycles. The molecule has 6 nitrogen and oxygen atoms in total. The number of carbonyl (C=O) groups is 1. The summed E-state index contributed by atoms with van der Waals surface area (Å²) < 4.78 is 5.15. The Morgan fingerprint density at radius 1 is 1.33 bits per heavy atom. The maximum Gasteiger partial charge on any atom is 0.274 e. The summed E-state index contributed by atoms with van der Waals surface area (Å²) in [5.74, 6) is -0.367. The Kier molecular flexibility index (Phi) is 4.11. The van der Waals surface area contributed by atoms with Gasteiger partial charge >= 0.3 is 0 Å². The fourth-order valence-corrected chi connectivity index (χ4v) is 2.99. The van der Waals surface area contributed by atoms with E-state index in [1.165, 1.54) is 12.3 Å². The Balaban J connectivity index is 1.62. The molecule has 3 heterocycles. The molecule has 0 bridgehead atoms. The molecule has 130 valence electrons. The summed E-state index contributed by atoms with van der Waals surface area (Å²) in [7, 11) is 0. The van der Waals surface area contributed by atoms with Crippen LogP contribution in [0.25, 0.3) is 6.08 Å². The number of aliphatic imine (C=N–C) groups is 1. The largest absolute Gasteiger partial charge is 0.472 e. The number of hydrogen-bond acceptors (Lipinski definition) is 5. The van der Waals surface area contributed by atoms with Crippen molar-refractivity contribution in [3.05, 3.63) is 89.1 Å². The maximum absolute atomic E-state index is 12.7. The van der Waals surface area contributed by atoms with E-state index in [0.29, 0.717) is 23.4 Å². The standard InChI is InChI=1S/C21H14N4O2/c1-2-14-7-13(9-22)10-23-20(14)21(26)25-17-4-3-15-11-24-19(18(15)8-17)16-5-6-27-12-16/h2-8,10,12H,1,11H2,(H,25,26). The van der Waals surface area contributed by atoms with Crippen molar-refractivity contribution in [2.45, 2.75) is 6.54 Å². The number of nitrogens with one attached hydrogen (secondary N) is 1. The average molecular weight is 354 g/mol.